The highest BCUT2D eigenvalue weighted by molar-refractivity contribution is 5.18. The number of hydrogen-bond donors (Lipinski definition) is 2. The SMILES string of the molecule is O=c1cc(C(F)(F)C(F)(F)C(F)(F)C(F)(F)C(F)(F)C(F)(F)F)[nH][nH]1. The average molecular weight is 402 g/mol. The van der Waals surface area contributed by atoms with Crippen molar-refractivity contribution in [2.75, 3.05) is 0 Å². The van der Waals surface area contributed by atoms with Crippen LogP contribution in [0.15, 0.2) is 10.9 Å². The fraction of sp³-hybridized carbons (Fsp3) is 0.667. The van der Waals surface area contributed by atoms with Crippen molar-refractivity contribution in [1.29, 1.82) is 0 Å². The van der Waals surface area contributed by atoms with E-state index in [0.717, 1.165) is 10.2 Å². The van der Waals surface area contributed by atoms with Gasteiger partial charge in [-0.25, -0.2) is 0 Å². The van der Waals surface area contributed by atoms with Gasteiger partial charge in [-0.2, -0.15) is 57.1 Å². The predicted molar refractivity (Wildman–Crippen MR) is 51.2 cm³/mol. The summed E-state index contributed by atoms with van der Waals surface area (Å²) in [7, 11) is 0. The molecule has 1 aromatic rings. The topological polar surface area (TPSA) is 48.6 Å². The molecule has 146 valence electrons. The third kappa shape index (κ3) is 2.65. The Bertz CT molecular complexity index is 682. The summed E-state index contributed by atoms with van der Waals surface area (Å²) in [5.41, 5.74) is -4.09. The third-order valence-electron chi connectivity index (χ3n) is 2.87. The second kappa shape index (κ2) is 5.30. The van der Waals surface area contributed by atoms with Crippen LogP contribution in [0, 0.1) is 0 Å². The minimum atomic E-state index is -7.97. The van der Waals surface area contributed by atoms with Gasteiger partial charge in [-0.05, 0) is 0 Å². The molecule has 0 saturated carbocycles. The van der Waals surface area contributed by atoms with Gasteiger partial charge in [0.05, 0.1) is 0 Å². The van der Waals surface area contributed by atoms with Crippen LogP contribution >= 0.6 is 0 Å². The van der Waals surface area contributed by atoms with Crippen LogP contribution in [0.3, 0.4) is 0 Å². The van der Waals surface area contributed by atoms with E-state index in [1.54, 1.807) is 0 Å². The summed E-state index contributed by atoms with van der Waals surface area (Å²) in [4.78, 5) is 10.5. The van der Waals surface area contributed by atoms with Gasteiger partial charge in [0.1, 0.15) is 5.69 Å². The molecule has 0 spiro atoms. The molecule has 0 aliphatic carbocycles. The highest BCUT2D eigenvalue weighted by Crippen LogP contribution is 2.61. The Kier molecular flexibility index (Phi) is 4.48. The molecule has 2 N–H and O–H groups in total. The lowest BCUT2D eigenvalue weighted by molar-refractivity contribution is -0.442. The molecule has 0 radical (unpaired) electrons. The maximum Gasteiger partial charge on any atom is 0.460 e. The highest BCUT2D eigenvalue weighted by atomic mass is 19.4. The molecular weight excluding hydrogens is 399 g/mol. The molecule has 0 fully saturated rings. The van der Waals surface area contributed by atoms with Crippen molar-refractivity contribution in [3.63, 3.8) is 0 Å². The van der Waals surface area contributed by atoms with E-state index < -0.39 is 53.1 Å². The van der Waals surface area contributed by atoms with Gasteiger partial charge in [-0.1, -0.05) is 0 Å². The monoisotopic (exact) mass is 402 g/mol. The molecule has 1 aromatic heterocycles. The Hall–Kier alpha value is -1.90. The molecular formula is C9H3F13N2O. The zero-order valence-electron chi connectivity index (χ0n) is 10.9. The summed E-state index contributed by atoms with van der Waals surface area (Å²) >= 11 is 0. The maximum atomic E-state index is 13.4. The quantitative estimate of drug-likeness (QED) is 0.722. The Labute approximate surface area is 126 Å². The number of aromatic nitrogens is 2. The Morgan fingerprint density at radius 2 is 1.00 bits per heavy atom. The summed E-state index contributed by atoms with van der Waals surface area (Å²) in [6, 6.07) is -0.510. The van der Waals surface area contributed by atoms with E-state index in [1.165, 1.54) is 0 Å². The average Bonchev–Trinajstić information content (AvgIpc) is 2.83. The summed E-state index contributed by atoms with van der Waals surface area (Å²) in [6.45, 7) is 0. The van der Waals surface area contributed by atoms with Crippen LogP contribution in [-0.2, 0) is 5.92 Å². The van der Waals surface area contributed by atoms with Crippen LogP contribution in [-0.4, -0.2) is 40.1 Å². The van der Waals surface area contributed by atoms with E-state index in [4.69, 9.17) is 0 Å². The van der Waals surface area contributed by atoms with E-state index in [-0.39, 0.29) is 0 Å². The van der Waals surface area contributed by atoms with Crippen molar-refractivity contribution in [1.82, 2.24) is 10.2 Å². The van der Waals surface area contributed by atoms with Gasteiger partial charge in [-0.3, -0.25) is 15.0 Å². The lowest BCUT2D eigenvalue weighted by atomic mass is 9.92. The van der Waals surface area contributed by atoms with Crippen molar-refractivity contribution >= 4 is 0 Å². The fourth-order valence-corrected chi connectivity index (χ4v) is 1.44. The van der Waals surface area contributed by atoms with Crippen molar-refractivity contribution in [3.8, 4) is 0 Å². The molecule has 16 heteroatoms. The minimum absolute atomic E-state index is 0.510. The van der Waals surface area contributed by atoms with E-state index in [2.05, 4.69) is 0 Å². The van der Waals surface area contributed by atoms with E-state index in [1.807, 2.05) is 0 Å². The summed E-state index contributed by atoms with van der Waals surface area (Å²) in [6.07, 6.45) is -7.46. The van der Waals surface area contributed by atoms with Crippen LogP contribution in [0.5, 0.6) is 0 Å². The Morgan fingerprint density at radius 1 is 0.600 bits per heavy atom. The number of hydrogen-bond acceptors (Lipinski definition) is 1. The standard InChI is InChI=1S/C9H3F13N2O/c10-4(11,2-1-3(25)24-23-2)5(12,13)6(14,15)7(16,17)8(18,19)9(20,21)22/h1H,(H2,23,24,25). The molecule has 3 nitrogen and oxygen atoms in total. The first kappa shape index (κ1) is 21.1. The molecule has 0 unspecified atom stereocenters. The molecule has 0 atom stereocenters. The summed E-state index contributed by atoms with van der Waals surface area (Å²) < 4.78 is 166. The molecule has 25 heavy (non-hydrogen) atoms. The lowest BCUT2D eigenvalue weighted by Crippen LogP contribution is -2.69. The number of rotatable bonds is 5. The van der Waals surface area contributed by atoms with Crippen LogP contribution in [0.25, 0.3) is 0 Å². The molecule has 1 heterocycles. The van der Waals surface area contributed by atoms with Crippen LogP contribution in [0.2, 0.25) is 0 Å². The molecule has 0 saturated heterocycles. The molecule has 0 aliphatic rings. The third-order valence-corrected chi connectivity index (χ3v) is 2.87. The second-order valence-electron chi connectivity index (χ2n) is 4.54. The van der Waals surface area contributed by atoms with E-state index in [0.29, 0.717) is 0 Å². The predicted octanol–water partition coefficient (Wildman–Crippen LogP) is 3.90. The van der Waals surface area contributed by atoms with Crippen molar-refractivity contribution in [3.05, 3.63) is 22.1 Å². The first-order chi connectivity index (χ1) is 10.7. The van der Waals surface area contributed by atoms with Crippen molar-refractivity contribution in [2.24, 2.45) is 0 Å². The van der Waals surface area contributed by atoms with Gasteiger partial charge in [0, 0.05) is 6.07 Å². The van der Waals surface area contributed by atoms with Crippen LogP contribution < -0.4 is 5.56 Å². The number of H-pyrrole nitrogens is 2. The van der Waals surface area contributed by atoms with Gasteiger partial charge >= 0.3 is 35.8 Å². The second-order valence-corrected chi connectivity index (χ2v) is 4.54. The number of nitrogens with one attached hydrogen (secondary N) is 2. The molecule has 0 aliphatic heterocycles. The van der Waals surface area contributed by atoms with Gasteiger partial charge in [0.2, 0.25) is 0 Å². The fourth-order valence-electron chi connectivity index (χ4n) is 1.44. The summed E-state index contributed by atoms with van der Waals surface area (Å²) in [5.74, 6) is -37.6. The summed E-state index contributed by atoms with van der Waals surface area (Å²) in [5, 5.41) is 2.03. The highest BCUT2D eigenvalue weighted by Gasteiger charge is 2.91. The largest absolute Gasteiger partial charge is 0.460 e. The van der Waals surface area contributed by atoms with Gasteiger partial charge in [0.15, 0.2) is 0 Å². The zero-order chi connectivity index (χ0) is 20.3. The van der Waals surface area contributed by atoms with E-state index in [9.17, 15) is 61.9 Å². The molecule has 0 bridgehead atoms. The number of alkyl halides is 13. The lowest BCUT2D eigenvalue weighted by Gasteiger charge is -2.39. The molecule has 1 rings (SSSR count). The smallest absolute Gasteiger partial charge is 0.296 e. The van der Waals surface area contributed by atoms with Gasteiger partial charge < -0.3 is 0 Å². The first-order valence-electron chi connectivity index (χ1n) is 5.49. The Morgan fingerprint density at radius 3 is 1.32 bits per heavy atom. The van der Waals surface area contributed by atoms with E-state index >= 15 is 0 Å². The number of aromatic amines is 2. The maximum absolute atomic E-state index is 13.4. The van der Waals surface area contributed by atoms with Gasteiger partial charge in [-0.15, -0.1) is 0 Å². The molecule has 0 aromatic carbocycles. The number of halogens is 13. The van der Waals surface area contributed by atoms with Crippen LogP contribution in [0.1, 0.15) is 5.69 Å². The van der Waals surface area contributed by atoms with Crippen molar-refractivity contribution < 1.29 is 57.1 Å². The molecule has 0 amide bonds. The first-order valence-corrected chi connectivity index (χ1v) is 5.49. The normalized spacial score (nSPS) is 15.6. The Balaban J connectivity index is 3.56. The zero-order valence-corrected chi connectivity index (χ0v) is 10.9. The van der Waals surface area contributed by atoms with Crippen molar-refractivity contribution in [2.45, 2.75) is 35.8 Å². The minimum Gasteiger partial charge on any atom is -0.296 e. The van der Waals surface area contributed by atoms with Crippen LogP contribution in [0.4, 0.5) is 57.1 Å². The van der Waals surface area contributed by atoms with Gasteiger partial charge in [0.25, 0.3) is 5.56 Å².